The average molecular weight is 249 g/mol. The molecule has 2 atom stereocenters. The number of benzene rings is 1. The minimum Gasteiger partial charge on any atom is -0.481 e. The van der Waals surface area contributed by atoms with Gasteiger partial charge in [-0.25, -0.2) is 0 Å². The standard InChI is InChI=1S/C12H11NO5/c14-10-4-7(12(15)16)11(13-10)6-1-2-8-9(3-6)18-5-17-8/h1-3,7,11H,4-5H2,(H,13,14)(H,15,16)/t7-,11+/m1/s1. The Labute approximate surface area is 103 Å². The highest BCUT2D eigenvalue weighted by Crippen LogP contribution is 2.37. The summed E-state index contributed by atoms with van der Waals surface area (Å²) in [7, 11) is 0. The van der Waals surface area contributed by atoms with E-state index in [1.165, 1.54) is 0 Å². The van der Waals surface area contributed by atoms with Crippen molar-refractivity contribution in [2.45, 2.75) is 12.5 Å². The normalized spacial score (nSPS) is 25.0. The SMILES string of the molecule is O=C1C[C@@H](C(=O)O)[C@H](c2ccc3c(c2)OCO3)N1. The van der Waals surface area contributed by atoms with E-state index in [0.29, 0.717) is 11.5 Å². The van der Waals surface area contributed by atoms with Crippen LogP contribution in [-0.2, 0) is 9.59 Å². The number of carboxylic acids is 1. The van der Waals surface area contributed by atoms with Gasteiger partial charge in [0, 0.05) is 6.42 Å². The van der Waals surface area contributed by atoms with E-state index in [2.05, 4.69) is 5.32 Å². The minimum absolute atomic E-state index is 0.00837. The summed E-state index contributed by atoms with van der Waals surface area (Å²) in [6.45, 7) is 0.165. The zero-order valence-electron chi connectivity index (χ0n) is 9.38. The number of carbonyl (C=O) groups is 2. The number of hydrogen-bond donors (Lipinski definition) is 2. The van der Waals surface area contributed by atoms with Crippen molar-refractivity contribution < 1.29 is 24.2 Å². The molecule has 1 amide bonds. The van der Waals surface area contributed by atoms with Gasteiger partial charge in [-0.3, -0.25) is 9.59 Å². The maximum absolute atomic E-state index is 11.3. The van der Waals surface area contributed by atoms with Crippen molar-refractivity contribution in [2.24, 2.45) is 5.92 Å². The molecule has 2 aliphatic heterocycles. The molecule has 2 aliphatic rings. The van der Waals surface area contributed by atoms with E-state index in [1.54, 1.807) is 18.2 Å². The molecule has 0 aromatic heterocycles. The molecular formula is C12H11NO5. The number of aliphatic carboxylic acids is 1. The predicted octanol–water partition coefficient (Wildman–Crippen LogP) is 0.677. The van der Waals surface area contributed by atoms with E-state index < -0.39 is 17.9 Å². The van der Waals surface area contributed by atoms with Crippen molar-refractivity contribution in [3.63, 3.8) is 0 Å². The van der Waals surface area contributed by atoms with Crippen molar-refractivity contribution in [1.82, 2.24) is 5.32 Å². The van der Waals surface area contributed by atoms with Crippen LogP contribution in [-0.4, -0.2) is 23.8 Å². The second-order valence-corrected chi connectivity index (χ2v) is 4.31. The predicted molar refractivity (Wildman–Crippen MR) is 59.2 cm³/mol. The third-order valence-electron chi connectivity index (χ3n) is 3.20. The zero-order chi connectivity index (χ0) is 12.7. The fraction of sp³-hybridized carbons (Fsp3) is 0.333. The fourth-order valence-corrected chi connectivity index (χ4v) is 2.30. The molecule has 0 spiro atoms. The van der Waals surface area contributed by atoms with Gasteiger partial charge in [-0.2, -0.15) is 0 Å². The van der Waals surface area contributed by atoms with Crippen LogP contribution in [0.2, 0.25) is 0 Å². The minimum atomic E-state index is -0.976. The molecule has 0 radical (unpaired) electrons. The van der Waals surface area contributed by atoms with Gasteiger partial charge in [-0.05, 0) is 17.7 Å². The second-order valence-electron chi connectivity index (χ2n) is 4.31. The first kappa shape index (κ1) is 10.9. The quantitative estimate of drug-likeness (QED) is 0.805. The maximum atomic E-state index is 11.3. The molecule has 0 aliphatic carbocycles. The lowest BCUT2D eigenvalue weighted by molar-refractivity contribution is -0.142. The van der Waals surface area contributed by atoms with Crippen LogP contribution in [0, 0.1) is 5.92 Å². The summed E-state index contributed by atoms with van der Waals surface area (Å²) in [5, 5.41) is 11.8. The third kappa shape index (κ3) is 1.66. The van der Waals surface area contributed by atoms with Gasteiger partial charge in [0.15, 0.2) is 11.5 Å². The first-order valence-corrected chi connectivity index (χ1v) is 5.57. The Morgan fingerprint density at radius 3 is 2.89 bits per heavy atom. The van der Waals surface area contributed by atoms with Gasteiger partial charge < -0.3 is 19.9 Å². The van der Waals surface area contributed by atoms with E-state index in [4.69, 9.17) is 14.6 Å². The van der Waals surface area contributed by atoms with Crippen LogP contribution in [0.5, 0.6) is 11.5 Å². The van der Waals surface area contributed by atoms with Crippen LogP contribution in [0.25, 0.3) is 0 Å². The number of ether oxygens (including phenoxy) is 2. The Morgan fingerprint density at radius 2 is 2.11 bits per heavy atom. The number of fused-ring (bicyclic) bond motifs is 1. The molecule has 2 N–H and O–H groups in total. The van der Waals surface area contributed by atoms with Crippen molar-refractivity contribution in [3.05, 3.63) is 23.8 Å². The molecule has 0 saturated carbocycles. The van der Waals surface area contributed by atoms with E-state index in [0.717, 1.165) is 5.56 Å². The smallest absolute Gasteiger partial charge is 0.309 e. The number of amides is 1. The molecule has 1 aromatic rings. The topological polar surface area (TPSA) is 84.9 Å². The molecular weight excluding hydrogens is 238 g/mol. The summed E-state index contributed by atoms with van der Waals surface area (Å²) in [4.78, 5) is 22.5. The molecule has 18 heavy (non-hydrogen) atoms. The van der Waals surface area contributed by atoms with Gasteiger partial charge in [0.25, 0.3) is 0 Å². The van der Waals surface area contributed by atoms with Crippen LogP contribution < -0.4 is 14.8 Å². The van der Waals surface area contributed by atoms with Crippen LogP contribution in [0.15, 0.2) is 18.2 Å². The molecule has 3 rings (SSSR count). The van der Waals surface area contributed by atoms with Crippen LogP contribution in [0.1, 0.15) is 18.0 Å². The Bertz CT molecular complexity index is 527. The van der Waals surface area contributed by atoms with Crippen LogP contribution >= 0.6 is 0 Å². The number of nitrogens with one attached hydrogen (secondary N) is 1. The summed E-state index contributed by atoms with van der Waals surface area (Å²) in [6.07, 6.45) is 0.00837. The van der Waals surface area contributed by atoms with E-state index >= 15 is 0 Å². The van der Waals surface area contributed by atoms with Crippen molar-refractivity contribution in [2.75, 3.05) is 6.79 Å². The highest BCUT2D eigenvalue weighted by Gasteiger charge is 2.38. The van der Waals surface area contributed by atoms with Gasteiger partial charge in [0.1, 0.15) is 0 Å². The Hall–Kier alpha value is -2.24. The lowest BCUT2D eigenvalue weighted by Crippen LogP contribution is -2.24. The van der Waals surface area contributed by atoms with Crippen molar-refractivity contribution in [1.29, 1.82) is 0 Å². The van der Waals surface area contributed by atoms with Gasteiger partial charge in [-0.15, -0.1) is 0 Å². The van der Waals surface area contributed by atoms with Crippen LogP contribution in [0.4, 0.5) is 0 Å². The Kier molecular flexibility index (Phi) is 2.36. The summed E-state index contributed by atoms with van der Waals surface area (Å²) in [6, 6.07) is 4.68. The highest BCUT2D eigenvalue weighted by molar-refractivity contribution is 5.87. The first-order valence-electron chi connectivity index (χ1n) is 5.57. The molecule has 6 heteroatoms. The molecule has 1 saturated heterocycles. The molecule has 6 nitrogen and oxygen atoms in total. The van der Waals surface area contributed by atoms with Crippen molar-refractivity contribution in [3.8, 4) is 11.5 Å². The number of carbonyl (C=O) groups excluding carboxylic acids is 1. The maximum Gasteiger partial charge on any atom is 0.309 e. The van der Waals surface area contributed by atoms with Crippen molar-refractivity contribution >= 4 is 11.9 Å². The zero-order valence-corrected chi connectivity index (χ0v) is 9.38. The number of hydrogen-bond acceptors (Lipinski definition) is 4. The highest BCUT2D eigenvalue weighted by atomic mass is 16.7. The molecule has 2 heterocycles. The Morgan fingerprint density at radius 1 is 1.33 bits per heavy atom. The monoisotopic (exact) mass is 249 g/mol. The summed E-state index contributed by atoms with van der Waals surface area (Å²) in [5.41, 5.74) is 0.720. The lowest BCUT2D eigenvalue weighted by Gasteiger charge is -2.16. The molecule has 1 aromatic carbocycles. The van der Waals surface area contributed by atoms with Gasteiger partial charge >= 0.3 is 5.97 Å². The van der Waals surface area contributed by atoms with E-state index in [1.807, 2.05) is 0 Å². The molecule has 94 valence electrons. The lowest BCUT2D eigenvalue weighted by atomic mass is 9.94. The largest absolute Gasteiger partial charge is 0.481 e. The number of carboxylic acid groups (broad SMARTS) is 1. The summed E-state index contributed by atoms with van der Waals surface area (Å²) in [5.74, 6) is -0.744. The second kappa shape index (κ2) is 3.90. The summed E-state index contributed by atoms with van der Waals surface area (Å²) >= 11 is 0. The fourth-order valence-electron chi connectivity index (χ4n) is 2.30. The summed E-state index contributed by atoms with van der Waals surface area (Å²) < 4.78 is 10.4. The van der Waals surface area contributed by atoms with E-state index in [-0.39, 0.29) is 19.1 Å². The average Bonchev–Trinajstić information content (AvgIpc) is 2.93. The number of rotatable bonds is 2. The van der Waals surface area contributed by atoms with E-state index in [9.17, 15) is 9.59 Å². The molecule has 1 fully saturated rings. The van der Waals surface area contributed by atoms with Gasteiger partial charge in [0.05, 0.1) is 12.0 Å². The Balaban J connectivity index is 1.94. The van der Waals surface area contributed by atoms with Crippen LogP contribution in [0.3, 0.4) is 0 Å². The third-order valence-corrected chi connectivity index (χ3v) is 3.20. The first-order chi connectivity index (χ1) is 8.65. The molecule has 0 bridgehead atoms. The molecule has 0 unspecified atom stereocenters. The van der Waals surface area contributed by atoms with Gasteiger partial charge in [-0.1, -0.05) is 6.07 Å². The van der Waals surface area contributed by atoms with Gasteiger partial charge in [0.2, 0.25) is 12.7 Å².